The Kier molecular flexibility index (Phi) is 2.44. The van der Waals surface area contributed by atoms with Crippen LogP contribution in [0.2, 0.25) is 0 Å². The summed E-state index contributed by atoms with van der Waals surface area (Å²) in [6.07, 6.45) is 0. The molecule has 0 bridgehead atoms. The molecule has 0 saturated heterocycles. The van der Waals surface area contributed by atoms with Gasteiger partial charge in [-0.2, -0.15) is 0 Å². The molecule has 0 saturated carbocycles. The number of hydrogen-bond acceptors (Lipinski definition) is 2. The lowest BCUT2D eigenvalue weighted by Gasteiger charge is -2.03. The second-order valence-electron chi connectivity index (χ2n) is 2.53. The fraction of sp³-hybridized carbons (Fsp3) is 0.250. The summed E-state index contributed by atoms with van der Waals surface area (Å²) in [6, 6.07) is 5.89. The third-order valence-electron chi connectivity index (χ3n) is 1.73. The number of halogens is 1. The Balaban J connectivity index is 3.47. The lowest BCUT2D eigenvalue weighted by Crippen LogP contribution is -1.95. The maximum absolute atomic E-state index is 11.0. The molecular weight excluding hydrogens is 196 g/mol. The molecule has 0 heterocycles. The summed E-state index contributed by atoms with van der Waals surface area (Å²) < 4.78 is 21.9. The van der Waals surface area contributed by atoms with Crippen LogP contribution in [0.3, 0.4) is 0 Å². The minimum Gasteiger partial charge on any atom is -0.207 e. The lowest BCUT2D eigenvalue weighted by molar-refractivity contribution is 0.609. The molecule has 1 aromatic rings. The van der Waals surface area contributed by atoms with Crippen molar-refractivity contribution in [2.45, 2.75) is 18.7 Å². The van der Waals surface area contributed by atoms with Crippen molar-refractivity contribution >= 4 is 19.7 Å². The molecular formula is C8H8ClO2S. The van der Waals surface area contributed by atoms with Gasteiger partial charge in [0.05, 0.1) is 4.90 Å². The van der Waals surface area contributed by atoms with E-state index >= 15 is 0 Å². The zero-order valence-corrected chi connectivity index (χ0v) is 8.33. The first-order valence-electron chi connectivity index (χ1n) is 3.35. The molecule has 1 aromatic carbocycles. The van der Waals surface area contributed by atoms with Crippen LogP contribution in [0.15, 0.2) is 17.0 Å². The van der Waals surface area contributed by atoms with Crippen molar-refractivity contribution in [3.05, 3.63) is 29.3 Å². The van der Waals surface area contributed by atoms with Gasteiger partial charge in [-0.25, -0.2) is 8.42 Å². The van der Waals surface area contributed by atoms with Gasteiger partial charge in [0.2, 0.25) is 0 Å². The average molecular weight is 204 g/mol. The van der Waals surface area contributed by atoms with Crippen LogP contribution in [-0.2, 0) is 9.05 Å². The minimum absolute atomic E-state index is 0.167. The summed E-state index contributed by atoms with van der Waals surface area (Å²) in [5.41, 5.74) is 1.46. The van der Waals surface area contributed by atoms with E-state index in [1.165, 1.54) is 6.07 Å². The van der Waals surface area contributed by atoms with Gasteiger partial charge in [0.25, 0.3) is 9.05 Å². The van der Waals surface area contributed by atoms with Gasteiger partial charge >= 0.3 is 0 Å². The molecule has 0 aliphatic carbocycles. The Hall–Kier alpha value is -0.540. The van der Waals surface area contributed by atoms with Crippen molar-refractivity contribution in [1.29, 1.82) is 0 Å². The Labute approximate surface area is 76.6 Å². The highest BCUT2D eigenvalue weighted by molar-refractivity contribution is 8.13. The minimum atomic E-state index is -3.60. The predicted octanol–water partition coefficient (Wildman–Crippen LogP) is 2.03. The molecule has 0 N–H and O–H groups in total. The van der Waals surface area contributed by atoms with E-state index in [1.807, 2.05) is 0 Å². The second-order valence-corrected chi connectivity index (χ2v) is 5.06. The van der Waals surface area contributed by atoms with Gasteiger partial charge in [-0.3, -0.25) is 0 Å². The first kappa shape index (κ1) is 9.55. The van der Waals surface area contributed by atoms with Crippen molar-refractivity contribution in [3.63, 3.8) is 0 Å². The van der Waals surface area contributed by atoms with Crippen LogP contribution in [0.4, 0.5) is 0 Å². The van der Waals surface area contributed by atoms with E-state index in [0.717, 1.165) is 5.56 Å². The van der Waals surface area contributed by atoms with Crippen molar-refractivity contribution in [3.8, 4) is 0 Å². The lowest BCUT2D eigenvalue weighted by atomic mass is 10.1. The summed E-state index contributed by atoms with van der Waals surface area (Å²) in [4.78, 5) is 0.167. The van der Waals surface area contributed by atoms with E-state index in [4.69, 9.17) is 10.7 Å². The Morgan fingerprint density at radius 2 is 2.00 bits per heavy atom. The van der Waals surface area contributed by atoms with Gasteiger partial charge < -0.3 is 0 Å². The smallest absolute Gasteiger partial charge is 0.207 e. The Morgan fingerprint density at radius 1 is 1.42 bits per heavy atom. The van der Waals surface area contributed by atoms with Gasteiger partial charge in [-0.1, -0.05) is 6.07 Å². The van der Waals surface area contributed by atoms with Crippen LogP contribution in [0.5, 0.6) is 0 Å². The molecule has 4 heteroatoms. The molecule has 0 atom stereocenters. The molecule has 0 amide bonds. The molecule has 0 fully saturated rings. The number of hydrogen-bond donors (Lipinski definition) is 0. The Morgan fingerprint density at radius 3 is 2.42 bits per heavy atom. The summed E-state index contributed by atoms with van der Waals surface area (Å²) in [7, 11) is 1.59. The summed E-state index contributed by atoms with van der Waals surface area (Å²) >= 11 is 0. The highest BCUT2D eigenvalue weighted by Gasteiger charge is 2.13. The highest BCUT2D eigenvalue weighted by Crippen LogP contribution is 2.20. The predicted molar refractivity (Wildman–Crippen MR) is 47.8 cm³/mol. The molecule has 1 rings (SSSR count). The van der Waals surface area contributed by atoms with Crippen molar-refractivity contribution < 1.29 is 8.42 Å². The Bertz CT molecular complexity index is 396. The van der Waals surface area contributed by atoms with Crippen LogP contribution in [0, 0.1) is 19.9 Å². The fourth-order valence-corrected chi connectivity index (χ4v) is 2.18. The van der Waals surface area contributed by atoms with Crippen molar-refractivity contribution in [2.24, 2.45) is 0 Å². The number of benzene rings is 1. The second kappa shape index (κ2) is 3.07. The third-order valence-corrected chi connectivity index (χ3v) is 3.20. The maximum atomic E-state index is 11.0. The topological polar surface area (TPSA) is 34.1 Å². The van der Waals surface area contributed by atoms with E-state index in [-0.39, 0.29) is 4.90 Å². The summed E-state index contributed by atoms with van der Waals surface area (Å²) in [5.74, 6) is 0. The normalized spacial score (nSPS) is 11.6. The maximum Gasteiger partial charge on any atom is 0.261 e. The molecule has 0 aliphatic rings. The van der Waals surface area contributed by atoms with Crippen molar-refractivity contribution in [2.75, 3.05) is 0 Å². The van der Waals surface area contributed by atoms with Gasteiger partial charge in [-0.15, -0.1) is 0 Å². The van der Waals surface area contributed by atoms with E-state index in [9.17, 15) is 8.42 Å². The first-order chi connectivity index (χ1) is 5.43. The molecule has 65 valence electrons. The molecule has 1 radical (unpaired) electrons. The van der Waals surface area contributed by atoms with Gasteiger partial charge in [-0.05, 0) is 37.1 Å². The average Bonchev–Trinajstić information content (AvgIpc) is 1.92. The number of rotatable bonds is 1. The van der Waals surface area contributed by atoms with Crippen LogP contribution in [0.25, 0.3) is 0 Å². The van der Waals surface area contributed by atoms with Gasteiger partial charge in [0.1, 0.15) is 0 Å². The van der Waals surface area contributed by atoms with E-state index in [2.05, 4.69) is 6.07 Å². The van der Waals surface area contributed by atoms with Crippen LogP contribution in [-0.4, -0.2) is 8.42 Å². The number of aryl methyl sites for hydroxylation is 1. The van der Waals surface area contributed by atoms with Crippen LogP contribution >= 0.6 is 10.7 Å². The molecule has 0 unspecified atom stereocenters. The molecule has 0 spiro atoms. The monoisotopic (exact) mass is 203 g/mol. The third kappa shape index (κ3) is 1.79. The summed E-state index contributed by atoms with van der Waals surface area (Å²) in [6.45, 7) is 3.50. The quantitative estimate of drug-likeness (QED) is 0.655. The van der Waals surface area contributed by atoms with Crippen LogP contribution in [0.1, 0.15) is 11.1 Å². The van der Waals surface area contributed by atoms with Crippen LogP contribution < -0.4 is 0 Å². The van der Waals surface area contributed by atoms with E-state index in [0.29, 0.717) is 5.56 Å². The summed E-state index contributed by atoms with van der Waals surface area (Å²) in [5, 5.41) is 0. The molecule has 0 aliphatic heterocycles. The zero-order chi connectivity index (χ0) is 9.35. The molecule has 0 aromatic heterocycles. The van der Waals surface area contributed by atoms with Gasteiger partial charge in [0.15, 0.2) is 0 Å². The van der Waals surface area contributed by atoms with Crippen molar-refractivity contribution in [1.82, 2.24) is 0 Å². The first-order valence-corrected chi connectivity index (χ1v) is 5.66. The fourth-order valence-electron chi connectivity index (χ4n) is 0.925. The molecule has 2 nitrogen and oxygen atoms in total. The molecule has 12 heavy (non-hydrogen) atoms. The zero-order valence-electron chi connectivity index (χ0n) is 6.76. The van der Waals surface area contributed by atoms with Gasteiger partial charge in [0, 0.05) is 10.7 Å². The standard InChI is InChI=1S/C8H8ClO2S/c1-6-4-3-5-8(7(6)2)12(9,10)11/h3,5H,1-2H3. The van der Waals surface area contributed by atoms with E-state index < -0.39 is 9.05 Å². The largest absolute Gasteiger partial charge is 0.261 e. The highest BCUT2D eigenvalue weighted by atomic mass is 35.7. The van der Waals surface area contributed by atoms with E-state index in [1.54, 1.807) is 19.9 Å². The SMILES string of the molecule is Cc1[c]ccc(S(=O)(=O)Cl)c1C.